The van der Waals surface area contributed by atoms with Gasteiger partial charge in [0.1, 0.15) is 0 Å². The molecule has 0 heterocycles. The molecule has 0 spiro atoms. The van der Waals surface area contributed by atoms with Gasteiger partial charge in [0.25, 0.3) is 0 Å². The zero-order valence-corrected chi connectivity index (χ0v) is 48.7. The van der Waals surface area contributed by atoms with Crippen LogP contribution < -0.4 is 5.32 Å². The maximum atomic E-state index is 12.5. The van der Waals surface area contributed by atoms with Crippen molar-refractivity contribution in [3.63, 3.8) is 0 Å². The number of aliphatic hydroxyl groups is 2. The maximum Gasteiger partial charge on any atom is 0.305 e. The SMILES string of the molecule is CCCCC/C=C\CCCCCCCC(=O)OCCCCCCCCCCCCCCCCCCCCCCCCCCC(=O)NC(CO)C(O)/C=C/CCCCCCCCCCCCCCCCCCC. The molecule has 0 bridgehead atoms. The third-order valence-corrected chi connectivity index (χ3v) is 15.2. The molecule has 0 aliphatic carbocycles. The first-order chi connectivity index (χ1) is 35.5. The normalized spacial score (nSPS) is 12.7. The van der Waals surface area contributed by atoms with E-state index in [0.717, 1.165) is 44.9 Å². The van der Waals surface area contributed by atoms with Gasteiger partial charge in [-0.05, 0) is 57.8 Å². The summed E-state index contributed by atoms with van der Waals surface area (Å²) < 4.78 is 5.47. The Morgan fingerprint density at radius 1 is 0.375 bits per heavy atom. The molecule has 0 saturated carbocycles. The average molecular weight is 1010 g/mol. The van der Waals surface area contributed by atoms with E-state index in [0.29, 0.717) is 19.4 Å². The van der Waals surface area contributed by atoms with Crippen LogP contribution in [-0.2, 0) is 14.3 Å². The number of ether oxygens (including phenoxy) is 1. The van der Waals surface area contributed by atoms with Crippen molar-refractivity contribution >= 4 is 11.9 Å². The monoisotopic (exact) mass is 1010 g/mol. The molecule has 0 saturated heterocycles. The van der Waals surface area contributed by atoms with Crippen LogP contribution in [0.3, 0.4) is 0 Å². The van der Waals surface area contributed by atoms with Gasteiger partial charge >= 0.3 is 5.97 Å². The summed E-state index contributed by atoms with van der Waals surface area (Å²) in [5.41, 5.74) is 0. The number of amides is 1. The van der Waals surface area contributed by atoms with E-state index in [9.17, 15) is 19.8 Å². The molecule has 2 atom stereocenters. The summed E-state index contributed by atoms with van der Waals surface area (Å²) in [5, 5.41) is 23.2. The third-order valence-electron chi connectivity index (χ3n) is 15.2. The first kappa shape index (κ1) is 70.3. The standard InChI is InChI=1S/C66H127NO5/c1-3-5-7-9-11-13-15-17-18-19-26-29-32-35-38-42-46-50-54-58-64(69)63(62-68)67-65(70)59-55-51-47-43-39-36-33-30-27-24-22-20-21-23-25-28-31-34-37-41-45-49-53-57-61-72-66(71)60-56-52-48-44-40-16-14-12-10-8-6-4-2/h12,14,54,58,63-64,68-69H,3-11,13,15-53,55-57,59-62H2,1-2H3,(H,67,70)/b14-12-,58-54+. The van der Waals surface area contributed by atoms with E-state index in [1.807, 2.05) is 6.08 Å². The summed E-state index contributed by atoms with van der Waals surface area (Å²) in [6, 6.07) is -0.627. The quantitative estimate of drug-likeness (QED) is 0.0320. The predicted molar refractivity (Wildman–Crippen MR) is 315 cm³/mol. The maximum absolute atomic E-state index is 12.5. The Morgan fingerprint density at radius 2 is 0.653 bits per heavy atom. The van der Waals surface area contributed by atoms with Crippen molar-refractivity contribution in [1.82, 2.24) is 5.32 Å². The number of unbranched alkanes of at least 4 members (excludes halogenated alkanes) is 48. The number of allylic oxidation sites excluding steroid dienone is 3. The fourth-order valence-electron chi connectivity index (χ4n) is 10.2. The van der Waals surface area contributed by atoms with Crippen molar-refractivity contribution in [2.75, 3.05) is 13.2 Å². The zero-order chi connectivity index (χ0) is 52.2. The van der Waals surface area contributed by atoms with E-state index in [4.69, 9.17) is 4.74 Å². The molecule has 0 aliphatic heterocycles. The summed E-state index contributed by atoms with van der Waals surface area (Å²) in [6.45, 7) is 4.91. The van der Waals surface area contributed by atoms with Gasteiger partial charge in [0.05, 0.1) is 25.4 Å². The Labute approximate surface area is 450 Å². The van der Waals surface area contributed by atoms with Crippen LogP contribution in [0.1, 0.15) is 361 Å². The van der Waals surface area contributed by atoms with Crippen LogP contribution in [0.5, 0.6) is 0 Å². The van der Waals surface area contributed by atoms with Crippen molar-refractivity contribution in [2.45, 2.75) is 373 Å². The van der Waals surface area contributed by atoms with Crippen LogP contribution in [0.2, 0.25) is 0 Å². The Morgan fingerprint density at radius 3 is 1.01 bits per heavy atom. The highest BCUT2D eigenvalue weighted by molar-refractivity contribution is 5.76. The van der Waals surface area contributed by atoms with Crippen LogP contribution >= 0.6 is 0 Å². The summed E-state index contributed by atoms with van der Waals surface area (Å²) in [4.78, 5) is 24.5. The zero-order valence-electron chi connectivity index (χ0n) is 48.7. The Hall–Kier alpha value is -1.66. The van der Waals surface area contributed by atoms with Gasteiger partial charge in [-0.2, -0.15) is 0 Å². The molecule has 1 amide bonds. The fourth-order valence-corrected chi connectivity index (χ4v) is 10.2. The van der Waals surface area contributed by atoms with Crippen molar-refractivity contribution in [3.05, 3.63) is 24.3 Å². The predicted octanol–water partition coefficient (Wildman–Crippen LogP) is 20.6. The van der Waals surface area contributed by atoms with Crippen LogP contribution in [0.15, 0.2) is 24.3 Å². The van der Waals surface area contributed by atoms with E-state index >= 15 is 0 Å². The van der Waals surface area contributed by atoms with Crippen molar-refractivity contribution in [1.29, 1.82) is 0 Å². The Bertz CT molecular complexity index is 1120. The number of rotatable bonds is 61. The van der Waals surface area contributed by atoms with E-state index < -0.39 is 12.1 Å². The van der Waals surface area contributed by atoms with Gasteiger partial charge in [0.2, 0.25) is 5.91 Å². The van der Waals surface area contributed by atoms with Crippen molar-refractivity contribution in [2.24, 2.45) is 0 Å². The molecular formula is C66H127NO5. The summed E-state index contributed by atoms with van der Waals surface area (Å²) in [7, 11) is 0. The van der Waals surface area contributed by atoms with Crippen molar-refractivity contribution < 1.29 is 24.5 Å². The minimum Gasteiger partial charge on any atom is -0.466 e. The van der Waals surface area contributed by atoms with Crippen LogP contribution in [0, 0.1) is 0 Å². The molecule has 426 valence electrons. The highest BCUT2D eigenvalue weighted by Gasteiger charge is 2.18. The highest BCUT2D eigenvalue weighted by Crippen LogP contribution is 2.18. The van der Waals surface area contributed by atoms with Gasteiger partial charge in [-0.25, -0.2) is 0 Å². The number of nitrogens with one attached hydrogen (secondary N) is 1. The van der Waals surface area contributed by atoms with Gasteiger partial charge < -0.3 is 20.3 Å². The Kier molecular flexibility index (Phi) is 60.5. The van der Waals surface area contributed by atoms with Crippen LogP contribution in [0.4, 0.5) is 0 Å². The van der Waals surface area contributed by atoms with E-state index in [2.05, 4.69) is 31.3 Å². The highest BCUT2D eigenvalue weighted by atomic mass is 16.5. The number of carbonyl (C=O) groups excluding carboxylic acids is 2. The fraction of sp³-hybridized carbons (Fsp3) is 0.909. The third kappa shape index (κ3) is 57.6. The van der Waals surface area contributed by atoms with Crippen LogP contribution in [0.25, 0.3) is 0 Å². The molecule has 0 aliphatic rings. The molecule has 0 aromatic rings. The molecular weight excluding hydrogens is 887 g/mol. The molecule has 0 aromatic carbocycles. The van der Waals surface area contributed by atoms with Gasteiger partial charge in [-0.15, -0.1) is 0 Å². The first-order valence-electron chi connectivity index (χ1n) is 32.6. The van der Waals surface area contributed by atoms with Gasteiger partial charge in [0.15, 0.2) is 0 Å². The average Bonchev–Trinajstić information content (AvgIpc) is 3.38. The first-order valence-corrected chi connectivity index (χ1v) is 32.6. The lowest BCUT2D eigenvalue weighted by Gasteiger charge is -2.20. The molecule has 0 radical (unpaired) electrons. The number of hydrogen-bond acceptors (Lipinski definition) is 5. The minimum atomic E-state index is -0.844. The second kappa shape index (κ2) is 61.9. The molecule has 2 unspecified atom stereocenters. The largest absolute Gasteiger partial charge is 0.466 e. The molecule has 0 fully saturated rings. The number of carbonyl (C=O) groups is 2. The second-order valence-corrected chi connectivity index (χ2v) is 22.5. The minimum absolute atomic E-state index is 0.00529. The van der Waals surface area contributed by atoms with Gasteiger partial charge in [-0.1, -0.05) is 314 Å². The smallest absolute Gasteiger partial charge is 0.305 e. The van der Waals surface area contributed by atoms with Crippen molar-refractivity contribution in [3.8, 4) is 0 Å². The second-order valence-electron chi connectivity index (χ2n) is 22.5. The molecule has 0 aromatic heterocycles. The molecule has 3 N–H and O–H groups in total. The molecule has 6 nitrogen and oxygen atoms in total. The lowest BCUT2D eigenvalue weighted by atomic mass is 10.0. The molecule has 6 heteroatoms. The summed E-state index contributed by atoms with van der Waals surface area (Å²) in [6.07, 6.45) is 76.6. The van der Waals surface area contributed by atoms with E-state index in [-0.39, 0.29) is 18.5 Å². The molecule has 72 heavy (non-hydrogen) atoms. The van der Waals surface area contributed by atoms with E-state index in [1.54, 1.807) is 6.08 Å². The van der Waals surface area contributed by atoms with Gasteiger partial charge in [0, 0.05) is 12.8 Å². The number of aliphatic hydroxyl groups excluding tert-OH is 2. The summed E-state index contributed by atoms with van der Waals surface area (Å²) >= 11 is 0. The number of esters is 1. The lowest BCUT2D eigenvalue weighted by molar-refractivity contribution is -0.143. The van der Waals surface area contributed by atoms with Gasteiger partial charge in [-0.3, -0.25) is 9.59 Å². The molecule has 0 rings (SSSR count). The van der Waals surface area contributed by atoms with E-state index in [1.165, 1.54) is 289 Å². The Balaban J connectivity index is 3.40. The topological polar surface area (TPSA) is 95.9 Å². The van der Waals surface area contributed by atoms with Crippen LogP contribution in [-0.4, -0.2) is 47.4 Å². The lowest BCUT2D eigenvalue weighted by Crippen LogP contribution is -2.45. The summed E-state index contributed by atoms with van der Waals surface area (Å²) in [5.74, 6) is -0.0584. The number of hydrogen-bond donors (Lipinski definition) is 3.